The second-order valence-corrected chi connectivity index (χ2v) is 5.78. The third-order valence-corrected chi connectivity index (χ3v) is 2.98. The summed E-state index contributed by atoms with van der Waals surface area (Å²) in [4.78, 5) is 0. The predicted octanol–water partition coefficient (Wildman–Crippen LogP) is 1.12. The average Bonchev–Trinajstić information content (AvgIpc) is 2.30. The Balaban J connectivity index is 2.81. The van der Waals surface area contributed by atoms with E-state index in [1.54, 1.807) is 6.07 Å². The summed E-state index contributed by atoms with van der Waals surface area (Å²) in [6, 6.07) is 1.60. The highest BCUT2D eigenvalue weighted by molar-refractivity contribution is 9.10. The van der Waals surface area contributed by atoms with E-state index in [-0.39, 0.29) is 11.5 Å². The van der Waals surface area contributed by atoms with Gasteiger partial charge in [0, 0.05) is 6.26 Å². The minimum atomic E-state index is -3.20. The Bertz CT molecular complexity index is 381. The molecule has 0 bridgehead atoms. The molecule has 0 aliphatic heterocycles. The molecule has 1 aromatic rings. The van der Waals surface area contributed by atoms with E-state index in [4.69, 9.17) is 4.42 Å². The number of hydrogen-bond acceptors (Lipinski definition) is 4. The number of rotatable bonds is 3. The quantitative estimate of drug-likeness (QED) is 0.892. The second kappa shape index (κ2) is 3.81. The zero-order valence-corrected chi connectivity index (χ0v) is 9.30. The highest BCUT2D eigenvalue weighted by atomic mass is 79.9. The molecular formula is C7H9BrO4S. The molecule has 0 amide bonds. The molecule has 0 aliphatic carbocycles. The van der Waals surface area contributed by atoms with E-state index in [0.29, 0.717) is 4.47 Å². The fraction of sp³-hybridized carbons (Fsp3) is 0.429. The summed E-state index contributed by atoms with van der Waals surface area (Å²) in [5.74, 6) is -0.0931. The van der Waals surface area contributed by atoms with Gasteiger partial charge in [-0.05, 0) is 22.0 Å². The molecule has 0 fully saturated rings. The van der Waals surface area contributed by atoms with Crippen LogP contribution in [0.1, 0.15) is 11.9 Å². The van der Waals surface area contributed by atoms with Crippen LogP contribution in [0.2, 0.25) is 0 Å². The maximum absolute atomic E-state index is 10.8. The van der Waals surface area contributed by atoms with Crippen molar-refractivity contribution < 1.29 is 17.9 Å². The lowest BCUT2D eigenvalue weighted by Crippen LogP contribution is -2.12. The van der Waals surface area contributed by atoms with E-state index in [0.717, 1.165) is 6.26 Å². The Morgan fingerprint density at radius 1 is 1.69 bits per heavy atom. The zero-order valence-electron chi connectivity index (χ0n) is 6.90. The molecule has 1 atom stereocenters. The van der Waals surface area contributed by atoms with Gasteiger partial charge in [-0.25, -0.2) is 8.42 Å². The molecule has 0 radical (unpaired) electrons. The van der Waals surface area contributed by atoms with Crippen molar-refractivity contribution in [1.82, 2.24) is 0 Å². The van der Waals surface area contributed by atoms with Crippen molar-refractivity contribution in [3.63, 3.8) is 0 Å². The van der Waals surface area contributed by atoms with E-state index in [2.05, 4.69) is 15.9 Å². The molecule has 4 nitrogen and oxygen atoms in total. The standard InChI is InChI=1S/C7H9BrO4S/c1-13(10,11)4-6(9)7-5(8)2-3-12-7/h2-3,6,9H,4H2,1H3. The zero-order chi connectivity index (χ0) is 10.1. The van der Waals surface area contributed by atoms with E-state index < -0.39 is 15.9 Å². The van der Waals surface area contributed by atoms with Crippen LogP contribution in [0.25, 0.3) is 0 Å². The molecule has 74 valence electrons. The number of sulfone groups is 1. The number of furan rings is 1. The SMILES string of the molecule is CS(=O)(=O)CC(O)c1occc1Br. The highest BCUT2D eigenvalue weighted by Crippen LogP contribution is 2.25. The molecule has 1 unspecified atom stereocenters. The van der Waals surface area contributed by atoms with E-state index in [9.17, 15) is 13.5 Å². The van der Waals surface area contributed by atoms with Crippen molar-refractivity contribution in [3.8, 4) is 0 Å². The lowest BCUT2D eigenvalue weighted by atomic mass is 10.3. The average molecular weight is 269 g/mol. The molecule has 0 spiro atoms. The summed E-state index contributed by atoms with van der Waals surface area (Å²) in [7, 11) is -3.20. The van der Waals surface area contributed by atoms with E-state index in [1.165, 1.54) is 6.26 Å². The third-order valence-electron chi connectivity index (χ3n) is 1.41. The van der Waals surface area contributed by atoms with Crippen molar-refractivity contribution in [1.29, 1.82) is 0 Å². The molecule has 1 aromatic heterocycles. The summed E-state index contributed by atoms with van der Waals surface area (Å²) in [5.41, 5.74) is 0. The van der Waals surface area contributed by atoms with Gasteiger partial charge in [0.05, 0.1) is 16.5 Å². The fourth-order valence-corrected chi connectivity index (χ4v) is 2.10. The molecule has 0 saturated heterocycles. The molecule has 0 aromatic carbocycles. The van der Waals surface area contributed by atoms with Crippen LogP contribution in [0.3, 0.4) is 0 Å². The number of aliphatic hydroxyl groups excluding tert-OH is 1. The lowest BCUT2D eigenvalue weighted by Gasteiger charge is -2.05. The second-order valence-electron chi connectivity index (χ2n) is 2.74. The van der Waals surface area contributed by atoms with Crippen molar-refractivity contribution in [3.05, 3.63) is 22.6 Å². The van der Waals surface area contributed by atoms with Crippen molar-refractivity contribution in [2.24, 2.45) is 0 Å². The minimum Gasteiger partial charge on any atom is -0.465 e. The summed E-state index contributed by atoms with van der Waals surface area (Å²) in [6.45, 7) is 0. The Morgan fingerprint density at radius 3 is 2.69 bits per heavy atom. The molecule has 1 N–H and O–H groups in total. The third kappa shape index (κ3) is 3.13. The Morgan fingerprint density at radius 2 is 2.31 bits per heavy atom. The number of aliphatic hydroxyl groups is 1. The van der Waals surface area contributed by atoms with Gasteiger partial charge in [0.2, 0.25) is 0 Å². The van der Waals surface area contributed by atoms with Gasteiger partial charge in [0.25, 0.3) is 0 Å². The van der Waals surface area contributed by atoms with E-state index in [1.807, 2.05) is 0 Å². The highest BCUT2D eigenvalue weighted by Gasteiger charge is 2.19. The van der Waals surface area contributed by atoms with Gasteiger partial charge >= 0.3 is 0 Å². The molecular weight excluding hydrogens is 260 g/mol. The molecule has 1 heterocycles. The Hall–Kier alpha value is -0.330. The first kappa shape index (κ1) is 10.7. The summed E-state index contributed by atoms with van der Waals surface area (Å²) < 4.78 is 27.1. The summed E-state index contributed by atoms with van der Waals surface area (Å²) >= 11 is 3.13. The first-order valence-corrected chi connectivity index (χ1v) is 6.34. The largest absolute Gasteiger partial charge is 0.465 e. The van der Waals surface area contributed by atoms with Crippen LogP contribution in [0.4, 0.5) is 0 Å². The van der Waals surface area contributed by atoms with Gasteiger partial charge in [0.1, 0.15) is 21.7 Å². The fourth-order valence-electron chi connectivity index (χ4n) is 0.906. The van der Waals surface area contributed by atoms with Gasteiger partial charge in [-0.2, -0.15) is 0 Å². The molecule has 1 rings (SSSR count). The summed E-state index contributed by atoms with van der Waals surface area (Å²) in [5, 5.41) is 9.42. The van der Waals surface area contributed by atoms with Crippen molar-refractivity contribution >= 4 is 25.8 Å². The smallest absolute Gasteiger partial charge is 0.150 e. The number of halogens is 1. The van der Waals surface area contributed by atoms with Gasteiger partial charge < -0.3 is 9.52 Å². The first-order valence-electron chi connectivity index (χ1n) is 3.49. The van der Waals surface area contributed by atoms with Crippen molar-refractivity contribution in [2.75, 3.05) is 12.0 Å². The van der Waals surface area contributed by atoms with Gasteiger partial charge in [0.15, 0.2) is 0 Å². The molecule has 13 heavy (non-hydrogen) atoms. The Kier molecular flexibility index (Phi) is 3.15. The van der Waals surface area contributed by atoms with Crippen LogP contribution in [-0.2, 0) is 9.84 Å². The lowest BCUT2D eigenvalue weighted by molar-refractivity contribution is 0.171. The maximum Gasteiger partial charge on any atom is 0.150 e. The number of hydrogen-bond donors (Lipinski definition) is 1. The molecule has 6 heteroatoms. The molecule has 0 saturated carbocycles. The maximum atomic E-state index is 10.8. The van der Waals surface area contributed by atoms with E-state index >= 15 is 0 Å². The normalized spacial score (nSPS) is 14.4. The van der Waals surface area contributed by atoms with Gasteiger partial charge in [-0.3, -0.25) is 0 Å². The van der Waals surface area contributed by atoms with Crippen LogP contribution >= 0.6 is 15.9 Å². The van der Waals surface area contributed by atoms with Crippen LogP contribution in [0.5, 0.6) is 0 Å². The van der Waals surface area contributed by atoms with Crippen LogP contribution < -0.4 is 0 Å². The summed E-state index contributed by atoms with van der Waals surface area (Å²) in [6.07, 6.45) is 1.33. The first-order chi connectivity index (χ1) is 5.90. The monoisotopic (exact) mass is 268 g/mol. The Labute approximate surface area is 84.6 Å². The van der Waals surface area contributed by atoms with Crippen LogP contribution in [0, 0.1) is 0 Å². The predicted molar refractivity (Wildman–Crippen MR) is 51.1 cm³/mol. The molecule has 0 aliphatic rings. The minimum absolute atomic E-state index is 0.241. The van der Waals surface area contributed by atoms with Crippen molar-refractivity contribution in [2.45, 2.75) is 6.10 Å². The van der Waals surface area contributed by atoms with Crippen LogP contribution in [0.15, 0.2) is 21.2 Å². The van der Waals surface area contributed by atoms with Crippen LogP contribution in [-0.4, -0.2) is 25.5 Å². The van der Waals surface area contributed by atoms with Gasteiger partial charge in [-0.1, -0.05) is 0 Å². The topological polar surface area (TPSA) is 67.5 Å². The van der Waals surface area contributed by atoms with Gasteiger partial charge in [-0.15, -0.1) is 0 Å².